The number of amides is 1. The highest BCUT2D eigenvalue weighted by Gasteiger charge is 2.50. The molecule has 6 heteroatoms. The molecule has 142 valence electrons. The van der Waals surface area contributed by atoms with E-state index < -0.39 is 0 Å². The van der Waals surface area contributed by atoms with Crippen LogP contribution in [0.15, 0.2) is 18.2 Å². The Balaban J connectivity index is 1.52. The van der Waals surface area contributed by atoms with Crippen molar-refractivity contribution in [2.75, 3.05) is 24.5 Å². The van der Waals surface area contributed by atoms with E-state index in [0.717, 1.165) is 70.3 Å². The Morgan fingerprint density at radius 1 is 1.08 bits per heavy atom. The predicted octanol–water partition coefficient (Wildman–Crippen LogP) is 4.12. The van der Waals surface area contributed by atoms with E-state index in [9.17, 15) is 9.90 Å². The molecule has 0 aromatic heterocycles. The number of aliphatic hydroxyl groups excluding tert-OH is 1. The lowest BCUT2D eigenvalue weighted by molar-refractivity contribution is -0.139. The Kier molecular flexibility index (Phi) is 5.10. The minimum atomic E-state index is -0.292. The van der Waals surface area contributed by atoms with E-state index in [2.05, 4.69) is 9.80 Å². The molecule has 0 unspecified atom stereocenters. The molecule has 1 amide bonds. The molecule has 1 aromatic carbocycles. The summed E-state index contributed by atoms with van der Waals surface area (Å²) in [4.78, 5) is 17.7. The summed E-state index contributed by atoms with van der Waals surface area (Å²) in [6.45, 7) is 2.47. The van der Waals surface area contributed by atoms with Gasteiger partial charge in [-0.3, -0.25) is 4.79 Å². The molecule has 26 heavy (non-hydrogen) atoms. The summed E-state index contributed by atoms with van der Waals surface area (Å²) in [5.74, 6) is 0.307. The van der Waals surface area contributed by atoms with Crippen LogP contribution in [0.3, 0.4) is 0 Å². The summed E-state index contributed by atoms with van der Waals surface area (Å²) in [5.41, 5.74) is 0.644. The van der Waals surface area contributed by atoms with Gasteiger partial charge in [0.25, 0.3) is 0 Å². The maximum absolute atomic E-state index is 13.4. The normalized spacial score (nSPS) is 32.5. The number of nitrogens with zero attached hydrogens (tertiary/aromatic N) is 2. The van der Waals surface area contributed by atoms with Crippen LogP contribution >= 0.6 is 23.2 Å². The molecule has 1 spiro atoms. The van der Waals surface area contributed by atoms with Gasteiger partial charge >= 0.3 is 0 Å². The fraction of sp³-hybridized carbons (Fsp3) is 0.650. The van der Waals surface area contributed by atoms with Crippen molar-refractivity contribution in [3.05, 3.63) is 28.2 Å². The Bertz CT molecular complexity index is 690. The Morgan fingerprint density at radius 2 is 1.85 bits per heavy atom. The first-order chi connectivity index (χ1) is 12.5. The van der Waals surface area contributed by atoms with Crippen LogP contribution < -0.4 is 4.90 Å². The van der Waals surface area contributed by atoms with Crippen LogP contribution in [0.2, 0.25) is 10.0 Å². The van der Waals surface area contributed by atoms with Crippen molar-refractivity contribution in [1.29, 1.82) is 0 Å². The molecule has 0 bridgehead atoms. The number of benzene rings is 1. The van der Waals surface area contributed by atoms with Crippen molar-refractivity contribution in [2.24, 2.45) is 5.41 Å². The van der Waals surface area contributed by atoms with Crippen LogP contribution in [-0.4, -0.2) is 47.7 Å². The molecule has 4 rings (SSSR count). The minimum Gasteiger partial charge on any atom is -0.393 e. The summed E-state index contributed by atoms with van der Waals surface area (Å²) in [6, 6.07) is 6.01. The molecular weight excluding hydrogens is 371 g/mol. The van der Waals surface area contributed by atoms with Gasteiger partial charge in [0.15, 0.2) is 0 Å². The average molecular weight is 397 g/mol. The van der Waals surface area contributed by atoms with Crippen molar-refractivity contribution < 1.29 is 9.90 Å². The number of rotatable bonds is 2. The maximum Gasteiger partial charge on any atom is 0.230 e. The molecule has 4 nitrogen and oxygen atoms in total. The quantitative estimate of drug-likeness (QED) is 0.817. The number of likely N-dealkylation sites (tertiary alicyclic amines) is 1. The SMILES string of the molecule is O=C1N(C2CCC(O)CC2)CC[C@@]12CCCN(c1cccc(Cl)c1Cl)C2. The van der Waals surface area contributed by atoms with Gasteiger partial charge in [-0.2, -0.15) is 0 Å². The van der Waals surface area contributed by atoms with E-state index in [0.29, 0.717) is 22.0 Å². The highest BCUT2D eigenvalue weighted by Crippen LogP contribution is 2.45. The smallest absolute Gasteiger partial charge is 0.230 e. The molecule has 1 aromatic rings. The highest BCUT2D eigenvalue weighted by molar-refractivity contribution is 6.43. The molecule has 3 fully saturated rings. The molecule has 2 saturated heterocycles. The van der Waals surface area contributed by atoms with Crippen LogP contribution in [0.25, 0.3) is 0 Å². The van der Waals surface area contributed by atoms with Gasteiger partial charge < -0.3 is 14.9 Å². The van der Waals surface area contributed by atoms with Gasteiger partial charge in [-0.05, 0) is 57.1 Å². The highest BCUT2D eigenvalue weighted by atomic mass is 35.5. The van der Waals surface area contributed by atoms with E-state index >= 15 is 0 Å². The van der Waals surface area contributed by atoms with Crippen LogP contribution in [-0.2, 0) is 4.79 Å². The predicted molar refractivity (Wildman–Crippen MR) is 105 cm³/mol. The molecular formula is C20H26Cl2N2O2. The second-order valence-corrected chi connectivity index (χ2v) is 8.87. The first kappa shape index (κ1) is 18.4. The number of aliphatic hydroxyl groups is 1. The number of carbonyl (C=O) groups excluding carboxylic acids is 1. The van der Waals surface area contributed by atoms with Crippen LogP contribution in [0.4, 0.5) is 5.69 Å². The van der Waals surface area contributed by atoms with Crippen molar-refractivity contribution in [2.45, 2.75) is 57.1 Å². The van der Waals surface area contributed by atoms with Crippen molar-refractivity contribution >= 4 is 34.8 Å². The topological polar surface area (TPSA) is 43.8 Å². The second kappa shape index (κ2) is 7.21. The van der Waals surface area contributed by atoms with Gasteiger partial charge in [-0.25, -0.2) is 0 Å². The standard InChI is InChI=1S/C20H26Cl2N2O2/c21-16-3-1-4-17(18(16)22)23-11-2-9-20(13-23)10-12-24(19(20)26)14-5-7-15(25)8-6-14/h1,3-4,14-15,25H,2,5-13H2/t14?,15?,20-/m1/s1. The Labute approximate surface area is 165 Å². The molecule has 2 heterocycles. The lowest BCUT2D eigenvalue weighted by Crippen LogP contribution is -2.50. The molecule has 1 atom stereocenters. The fourth-order valence-electron chi connectivity index (χ4n) is 5.02. The molecule has 0 radical (unpaired) electrons. The van der Waals surface area contributed by atoms with Gasteiger partial charge in [0.05, 0.1) is 27.3 Å². The molecule has 1 N–H and O–H groups in total. The number of carbonyl (C=O) groups is 1. The van der Waals surface area contributed by atoms with Crippen molar-refractivity contribution in [3.8, 4) is 0 Å². The zero-order valence-corrected chi connectivity index (χ0v) is 16.5. The maximum atomic E-state index is 13.4. The molecule has 2 aliphatic heterocycles. The Hall–Kier alpha value is -0.970. The second-order valence-electron chi connectivity index (χ2n) is 8.09. The number of hydrogen-bond acceptors (Lipinski definition) is 3. The lowest BCUT2D eigenvalue weighted by Gasteiger charge is -2.41. The van der Waals surface area contributed by atoms with Crippen LogP contribution in [0.1, 0.15) is 44.9 Å². The zero-order chi connectivity index (χ0) is 18.3. The molecule has 3 aliphatic rings. The number of anilines is 1. The first-order valence-electron chi connectivity index (χ1n) is 9.68. The van der Waals surface area contributed by atoms with Gasteiger partial charge in [-0.1, -0.05) is 29.3 Å². The summed E-state index contributed by atoms with van der Waals surface area (Å²) < 4.78 is 0. The van der Waals surface area contributed by atoms with E-state index in [1.807, 2.05) is 12.1 Å². The third-order valence-electron chi connectivity index (χ3n) is 6.50. The largest absolute Gasteiger partial charge is 0.393 e. The molecule has 1 aliphatic carbocycles. The summed E-state index contributed by atoms with van der Waals surface area (Å²) in [5, 5.41) is 10.9. The molecule has 1 saturated carbocycles. The third kappa shape index (κ3) is 3.21. The van der Waals surface area contributed by atoms with Crippen LogP contribution in [0.5, 0.6) is 0 Å². The van der Waals surface area contributed by atoms with Crippen LogP contribution in [0, 0.1) is 5.41 Å². The van der Waals surface area contributed by atoms with E-state index in [1.165, 1.54) is 0 Å². The monoisotopic (exact) mass is 396 g/mol. The van der Waals surface area contributed by atoms with Gasteiger partial charge in [-0.15, -0.1) is 0 Å². The van der Waals surface area contributed by atoms with Gasteiger partial charge in [0.2, 0.25) is 5.91 Å². The zero-order valence-electron chi connectivity index (χ0n) is 15.0. The summed E-state index contributed by atoms with van der Waals surface area (Å²) in [6.07, 6.45) is 6.14. The van der Waals surface area contributed by atoms with Gasteiger partial charge in [0, 0.05) is 25.7 Å². The van der Waals surface area contributed by atoms with E-state index in [1.54, 1.807) is 6.07 Å². The number of piperidine rings is 1. The average Bonchev–Trinajstić information content (AvgIpc) is 2.94. The van der Waals surface area contributed by atoms with Crippen molar-refractivity contribution in [3.63, 3.8) is 0 Å². The first-order valence-corrected chi connectivity index (χ1v) is 10.4. The van der Waals surface area contributed by atoms with E-state index in [-0.39, 0.29) is 11.5 Å². The third-order valence-corrected chi connectivity index (χ3v) is 7.31. The fourth-order valence-corrected chi connectivity index (χ4v) is 5.43. The van der Waals surface area contributed by atoms with Gasteiger partial charge in [0.1, 0.15) is 0 Å². The summed E-state index contributed by atoms with van der Waals surface area (Å²) >= 11 is 12.6. The Morgan fingerprint density at radius 3 is 2.62 bits per heavy atom. The number of halogens is 2. The minimum absolute atomic E-state index is 0.187. The lowest BCUT2D eigenvalue weighted by atomic mass is 9.78. The number of hydrogen-bond donors (Lipinski definition) is 1. The van der Waals surface area contributed by atoms with E-state index in [4.69, 9.17) is 23.2 Å². The van der Waals surface area contributed by atoms with Crippen molar-refractivity contribution in [1.82, 2.24) is 4.90 Å². The summed E-state index contributed by atoms with van der Waals surface area (Å²) in [7, 11) is 0.